The van der Waals surface area contributed by atoms with Crippen LogP contribution in [-0.2, 0) is 10.1 Å². The van der Waals surface area contributed by atoms with E-state index in [1.807, 2.05) is 0 Å². The SMILES string of the molecule is O=[N+]([O-])c1cc(/N=N/c2cc(/N=N\c3ccc(S(=O)(=O)O)cc3)c(O)cc2O)c(O)c([N+](=O)[O-])c1. The third-order valence-corrected chi connectivity index (χ3v) is 5.07. The first-order valence-electron chi connectivity index (χ1n) is 8.99. The Hall–Kier alpha value is -5.03. The minimum absolute atomic E-state index is 0.127. The van der Waals surface area contributed by atoms with Gasteiger partial charge in [-0.25, -0.2) is 0 Å². The predicted octanol–water partition coefficient (Wildman–Crippen LogP) is 4.70. The Balaban J connectivity index is 1.96. The van der Waals surface area contributed by atoms with Crippen LogP contribution in [-0.4, -0.2) is 38.1 Å². The smallest absolute Gasteiger partial charge is 0.319 e. The van der Waals surface area contributed by atoms with Crippen molar-refractivity contribution in [2.45, 2.75) is 4.90 Å². The molecule has 0 amide bonds. The molecule has 16 nitrogen and oxygen atoms in total. The molecule has 180 valence electrons. The Morgan fingerprint density at radius 2 is 1.26 bits per heavy atom. The zero-order valence-corrected chi connectivity index (χ0v) is 17.8. The molecule has 35 heavy (non-hydrogen) atoms. The van der Waals surface area contributed by atoms with Gasteiger partial charge in [-0.05, 0) is 24.3 Å². The van der Waals surface area contributed by atoms with Crippen molar-refractivity contribution in [3.05, 3.63) is 68.8 Å². The summed E-state index contributed by atoms with van der Waals surface area (Å²) < 4.78 is 31.1. The number of non-ortho nitro benzene ring substituents is 1. The fourth-order valence-corrected chi connectivity index (χ4v) is 3.01. The van der Waals surface area contributed by atoms with Crippen LogP contribution in [0.1, 0.15) is 0 Å². The molecule has 0 bridgehead atoms. The van der Waals surface area contributed by atoms with E-state index in [2.05, 4.69) is 20.5 Å². The maximum absolute atomic E-state index is 11.1. The molecule has 3 aromatic carbocycles. The standard InChI is InChI=1S/C18H12N6O10S/c25-16-8-17(26)13(7-12(16)20-19-9-1-3-11(4-2-9)35(32,33)34)21-22-14-5-10(23(28)29)6-15(18(14)27)24(30)31/h1-8,25-27H,(H,32,33,34)/b20-19-,22-21+. The van der Waals surface area contributed by atoms with Crippen LogP contribution in [0.2, 0.25) is 0 Å². The van der Waals surface area contributed by atoms with Gasteiger partial charge >= 0.3 is 5.69 Å². The second-order valence-corrected chi connectivity index (χ2v) is 7.97. The first-order chi connectivity index (χ1) is 16.4. The maximum atomic E-state index is 11.1. The summed E-state index contributed by atoms with van der Waals surface area (Å²) in [6, 6.07) is 7.61. The molecule has 0 aliphatic rings. The van der Waals surface area contributed by atoms with Crippen molar-refractivity contribution in [1.82, 2.24) is 0 Å². The number of benzene rings is 3. The van der Waals surface area contributed by atoms with Crippen molar-refractivity contribution >= 4 is 44.2 Å². The van der Waals surface area contributed by atoms with Gasteiger partial charge in [-0.15, -0.1) is 15.3 Å². The van der Waals surface area contributed by atoms with E-state index < -0.39 is 54.3 Å². The number of nitro groups is 2. The third-order valence-electron chi connectivity index (χ3n) is 4.21. The largest absolute Gasteiger partial charge is 0.505 e. The summed E-state index contributed by atoms with van der Waals surface area (Å²) in [5, 5.41) is 66.6. The Morgan fingerprint density at radius 1 is 0.714 bits per heavy atom. The molecule has 17 heteroatoms. The monoisotopic (exact) mass is 504 g/mol. The minimum atomic E-state index is -4.41. The zero-order valence-electron chi connectivity index (χ0n) is 16.9. The van der Waals surface area contributed by atoms with Crippen LogP contribution in [0.5, 0.6) is 17.2 Å². The molecule has 0 heterocycles. The van der Waals surface area contributed by atoms with E-state index in [1.165, 1.54) is 12.1 Å². The average Bonchev–Trinajstić information content (AvgIpc) is 2.78. The molecule has 0 fully saturated rings. The molecule has 0 radical (unpaired) electrons. The Kier molecular flexibility index (Phi) is 6.65. The van der Waals surface area contributed by atoms with E-state index in [9.17, 15) is 44.0 Å². The van der Waals surface area contributed by atoms with E-state index in [0.717, 1.165) is 30.3 Å². The summed E-state index contributed by atoms with van der Waals surface area (Å²) in [7, 11) is -4.41. The number of rotatable bonds is 7. The number of nitrogens with zero attached hydrogens (tertiary/aromatic N) is 6. The second-order valence-electron chi connectivity index (χ2n) is 6.55. The van der Waals surface area contributed by atoms with Crippen molar-refractivity contribution in [2.75, 3.05) is 0 Å². The quantitative estimate of drug-likeness (QED) is 0.149. The number of hydrogen-bond acceptors (Lipinski definition) is 13. The molecule has 3 rings (SSSR count). The number of hydrogen-bond donors (Lipinski definition) is 4. The third kappa shape index (κ3) is 5.67. The molecular formula is C18H12N6O10S. The van der Waals surface area contributed by atoms with Gasteiger partial charge in [0.15, 0.2) is 0 Å². The first kappa shape index (κ1) is 24.6. The minimum Gasteiger partial charge on any atom is -0.505 e. The Bertz CT molecular complexity index is 1500. The lowest BCUT2D eigenvalue weighted by Crippen LogP contribution is -1.96. The van der Waals surface area contributed by atoms with Gasteiger partial charge in [0.05, 0.1) is 26.5 Å². The van der Waals surface area contributed by atoms with Crippen LogP contribution >= 0.6 is 0 Å². The highest BCUT2D eigenvalue weighted by Gasteiger charge is 2.24. The van der Waals surface area contributed by atoms with Crippen LogP contribution in [0.4, 0.5) is 34.1 Å². The lowest BCUT2D eigenvalue weighted by Gasteiger charge is -2.03. The number of phenols is 3. The molecule has 0 aliphatic carbocycles. The molecule has 3 aromatic rings. The fraction of sp³-hybridized carbons (Fsp3) is 0. The van der Waals surface area contributed by atoms with Crippen molar-refractivity contribution in [3.8, 4) is 17.2 Å². The summed E-state index contributed by atoms with van der Waals surface area (Å²) in [5.41, 5.74) is -2.84. The molecule has 4 N–H and O–H groups in total. The number of phenolic OH excluding ortho intramolecular Hbond substituents is 3. The predicted molar refractivity (Wildman–Crippen MR) is 116 cm³/mol. The van der Waals surface area contributed by atoms with Crippen LogP contribution in [0.25, 0.3) is 0 Å². The van der Waals surface area contributed by atoms with Crippen molar-refractivity contribution in [1.29, 1.82) is 0 Å². The second kappa shape index (κ2) is 9.45. The van der Waals surface area contributed by atoms with E-state index >= 15 is 0 Å². The molecule has 0 aliphatic heterocycles. The maximum Gasteiger partial charge on any atom is 0.319 e. The van der Waals surface area contributed by atoms with Gasteiger partial charge in [-0.3, -0.25) is 24.8 Å². The van der Waals surface area contributed by atoms with Crippen molar-refractivity contribution in [3.63, 3.8) is 0 Å². The van der Waals surface area contributed by atoms with Gasteiger partial charge < -0.3 is 15.3 Å². The molecule has 0 spiro atoms. The van der Waals surface area contributed by atoms with Gasteiger partial charge in [-0.1, -0.05) is 0 Å². The molecule has 0 saturated carbocycles. The molecular weight excluding hydrogens is 492 g/mol. The van der Waals surface area contributed by atoms with Crippen molar-refractivity contribution < 1.29 is 38.1 Å². The topological polar surface area (TPSA) is 251 Å². The normalized spacial score (nSPS) is 11.8. The van der Waals surface area contributed by atoms with Gasteiger partial charge in [0.1, 0.15) is 28.6 Å². The van der Waals surface area contributed by atoms with Crippen molar-refractivity contribution in [2.24, 2.45) is 20.5 Å². The summed E-state index contributed by atoms with van der Waals surface area (Å²) in [5.74, 6) is -2.17. The lowest BCUT2D eigenvalue weighted by atomic mass is 10.2. The van der Waals surface area contributed by atoms with E-state index in [0.29, 0.717) is 6.07 Å². The van der Waals surface area contributed by atoms with E-state index in [-0.39, 0.29) is 22.0 Å². The van der Waals surface area contributed by atoms with Gasteiger partial charge in [0, 0.05) is 18.2 Å². The number of azo groups is 2. The summed E-state index contributed by atoms with van der Waals surface area (Å²) in [6.45, 7) is 0. The van der Waals surface area contributed by atoms with Crippen LogP contribution in [0.3, 0.4) is 0 Å². The Morgan fingerprint density at radius 3 is 1.77 bits per heavy atom. The average molecular weight is 504 g/mol. The van der Waals surface area contributed by atoms with Crippen LogP contribution in [0, 0.1) is 20.2 Å². The van der Waals surface area contributed by atoms with E-state index in [1.54, 1.807) is 0 Å². The Labute approximate surface area is 194 Å². The van der Waals surface area contributed by atoms with Crippen LogP contribution in [0.15, 0.2) is 73.9 Å². The molecule has 0 aromatic heterocycles. The number of aromatic hydroxyl groups is 3. The number of nitro benzene ring substituents is 2. The molecule has 0 atom stereocenters. The highest BCUT2D eigenvalue weighted by Crippen LogP contribution is 2.43. The fourth-order valence-electron chi connectivity index (χ4n) is 2.53. The first-order valence-corrected chi connectivity index (χ1v) is 10.4. The highest BCUT2D eigenvalue weighted by molar-refractivity contribution is 7.85. The molecule has 0 saturated heterocycles. The lowest BCUT2D eigenvalue weighted by molar-refractivity contribution is -0.394. The highest BCUT2D eigenvalue weighted by atomic mass is 32.2. The summed E-state index contributed by atoms with van der Waals surface area (Å²) >= 11 is 0. The van der Waals surface area contributed by atoms with Gasteiger partial charge in [-0.2, -0.15) is 13.5 Å². The summed E-state index contributed by atoms with van der Waals surface area (Å²) in [4.78, 5) is 19.7. The summed E-state index contributed by atoms with van der Waals surface area (Å²) in [6.07, 6.45) is 0. The van der Waals surface area contributed by atoms with E-state index in [4.69, 9.17) is 4.55 Å². The van der Waals surface area contributed by atoms with Crippen LogP contribution < -0.4 is 0 Å². The zero-order chi connectivity index (χ0) is 25.9. The van der Waals surface area contributed by atoms with Gasteiger partial charge in [0.25, 0.3) is 15.8 Å². The molecule has 0 unspecified atom stereocenters. The van der Waals surface area contributed by atoms with Gasteiger partial charge in [0.2, 0.25) is 5.75 Å².